The maximum Gasteiger partial charge on any atom is 0.147 e. The number of likely N-dealkylation sites (tertiary alicyclic amines) is 1. The van der Waals surface area contributed by atoms with Crippen molar-refractivity contribution in [3.8, 4) is 6.07 Å². The first-order chi connectivity index (χ1) is 16.5. The van der Waals surface area contributed by atoms with Gasteiger partial charge in [-0.3, -0.25) is 0 Å². The van der Waals surface area contributed by atoms with Gasteiger partial charge in [-0.1, -0.05) is 30.3 Å². The van der Waals surface area contributed by atoms with Gasteiger partial charge in [-0.05, 0) is 49.6 Å². The number of benzene rings is 1. The lowest BCUT2D eigenvalue weighted by Crippen LogP contribution is -2.54. The van der Waals surface area contributed by atoms with E-state index >= 15 is 0 Å². The van der Waals surface area contributed by atoms with Crippen molar-refractivity contribution in [2.24, 2.45) is 10.7 Å². The molecule has 0 amide bonds. The molecule has 8 heteroatoms. The molecule has 2 aliphatic heterocycles. The molecule has 3 heterocycles. The summed E-state index contributed by atoms with van der Waals surface area (Å²) in [5, 5.41) is 9.92. The molecule has 0 bridgehead atoms. The molecule has 0 unspecified atom stereocenters. The van der Waals surface area contributed by atoms with Gasteiger partial charge in [-0.15, -0.1) is 0 Å². The molecule has 0 radical (unpaired) electrons. The van der Waals surface area contributed by atoms with Crippen LogP contribution < -0.4 is 10.6 Å². The minimum absolute atomic E-state index is 0.145. The zero-order valence-electron chi connectivity index (χ0n) is 19.5. The second kappa shape index (κ2) is 10.6. The Labute approximate surface area is 206 Å². The van der Waals surface area contributed by atoms with Gasteiger partial charge in [0.2, 0.25) is 0 Å². The minimum Gasteiger partial charge on any atom is -0.398 e. The number of halogens is 1. The summed E-state index contributed by atoms with van der Waals surface area (Å²) in [5.41, 5.74) is 8.43. The van der Waals surface area contributed by atoms with E-state index < -0.39 is 0 Å². The molecule has 0 saturated carbocycles. The van der Waals surface area contributed by atoms with Crippen LogP contribution in [0.3, 0.4) is 0 Å². The number of nitrogens with zero attached hydrogens (tertiary/aromatic N) is 6. The molecule has 1 aromatic carbocycles. The van der Waals surface area contributed by atoms with Crippen molar-refractivity contribution in [2.45, 2.75) is 25.8 Å². The Hall–Kier alpha value is -3.50. The molecule has 176 valence electrons. The van der Waals surface area contributed by atoms with E-state index in [0.717, 1.165) is 68.6 Å². The fourth-order valence-corrected chi connectivity index (χ4v) is 4.69. The maximum absolute atomic E-state index is 9.26. The fourth-order valence-electron chi connectivity index (χ4n) is 4.45. The van der Waals surface area contributed by atoms with Gasteiger partial charge in [-0.2, -0.15) is 5.26 Å². The average Bonchev–Trinajstić information content (AvgIpc) is 3.39. The molecule has 4 rings (SSSR count). The second-order valence-corrected chi connectivity index (χ2v) is 9.08. The maximum atomic E-state index is 9.26. The van der Waals surface area contributed by atoms with Crippen molar-refractivity contribution in [3.05, 3.63) is 77.2 Å². The summed E-state index contributed by atoms with van der Waals surface area (Å²) >= 11 is 6.40. The molecule has 1 aromatic heterocycles. The highest BCUT2D eigenvalue weighted by atomic mass is 35.5. The Bertz CT molecular complexity index is 1140. The molecular weight excluding hydrogens is 446 g/mol. The topological polar surface area (TPSA) is 84.8 Å². The van der Waals surface area contributed by atoms with E-state index in [9.17, 15) is 5.26 Å². The third kappa shape index (κ3) is 5.35. The fraction of sp³-hybridized carbons (Fsp3) is 0.346. The highest BCUT2D eigenvalue weighted by Crippen LogP contribution is 2.26. The number of rotatable bonds is 5. The van der Waals surface area contributed by atoms with Crippen molar-refractivity contribution in [2.75, 3.05) is 37.6 Å². The Balaban J connectivity index is 1.62. The number of aliphatic imine (C=N–C) groups is 1. The van der Waals surface area contributed by atoms with Crippen LogP contribution in [0.4, 0.5) is 5.82 Å². The van der Waals surface area contributed by atoms with Crippen molar-refractivity contribution < 1.29 is 0 Å². The van der Waals surface area contributed by atoms with Crippen LogP contribution in [0.5, 0.6) is 0 Å². The number of piperazine rings is 1. The number of hydrogen-bond acceptors (Lipinski definition) is 6. The second-order valence-electron chi connectivity index (χ2n) is 8.67. The number of anilines is 1. The normalized spacial score (nSPS) is 19.3. The van der Waals surface area contributed by atoms with Gasteiger partial charge in [0.1, 0.15) is 17.5 Å². The molecule has 7 nitrogen and oxygen atoms in total. The average molecular weight is 476 g/mol. The molecule has 1 atom stereocenters. The lowest BCUT2D eigenvalue weighted by atomic mass is 10.1. The summed E-state index contributed by atoms with van der Waals surface area (Å²) in [6.45, 7) is 10.6. The summed E-state index contributed by atoms with van der Waals surface area (Å²) in [6, 6.07) is 13.3. The van der Waals surface area contributed by atoms with Gasteiger partial charge in [0.15, 0.2) is 0 Å². The molecule has 2 saturated heterocycles. The largest absolute Gasteiger partial charge is 0.398 e. The van der Waals surface area contributed by atoms with Crippen LogP contribution in [-0.2, 0) is 0 Å². The molecule has 34 heavy (non-hydrogen) atoms. The third-order valence-corrected chi connectivity index (χ3v) is 6.58. The van der Waals surface area contributed by atoms with Crippen LogP contribution >= 0.6 is 11.6 Å². The van der Waals surface area contributed by atoms with Crippen molar-refractivity contribution in [3.63, 3.8) is 0 Å². The van der Waals surface area contributed by atoms with Crippen LogP contribution in [0.15, 0.2) is 66.1 Å². The first-order valence-corrected chi connectivity index (χ1v) is 12.0. The molecule has 2 fully saturated rings. The Kier molecular flexibility index (Phi) is 7.39. The standard InChI is InChI=1S/C26H30ClN7/c1-19-18-33(26-23(27)9-6-10-30-26)13-14-34(19)25(31-20(2)32-11-3-4-12-32)16-24(29)22-8-5-7-21(15-22)17-28/h5-10,15-16,19H,2-4,11-14,18,29H2,1H3/b24-16-,31-25+/t19-/m1/s1. The van der Waals surface area contributed by atoms with Gasteiger partial charge in [0, 0.05) is 56.7 Å². The molecule has 0 aliphatic carbocycles. The zero-order valence-corrected chi connectivity index (χ0v) is 20.2. The molecule has 2 aromatic rings. The Morgan fingerprint density at radius 1 is 1.24 bits per heavy atom. The van der Waals surface area contributed by atoms with E-state index in [4.69, 9.17) is 22.3 Å². The van der Waals surface area contributed by atoms with E-state index in [1.54, 1.807) is 18.3 Å². The smallest absolute Gasteiger partial charge is 0.147 e. The summed E-state index contributed by atoms with van der Waals surface area (Å²) in [5.74, 6) is 2.33. The summed E-state index contributed by atoms with van der Waals surface area (Å²) < 4.78 is 0. The third-order valence-electron chi connectivity index (χ3n) is 6.28. The number of pyridine rings is 1. The number of aromatic nitrogens is 1. The zero-order chi connectivity index (χ0) is 24.1. The van der Waals surface area contributed by atoms with Crippen LogP contribution in [0.2, 0.25) is 5.02 Å². The summed E-state index contributed by atoms with van der Waals surface area (Å²) in [4.78, 5) is 16.1. The van der Waals surface area contributed by atoms with Gasteiger partial charge in [0.25, 0.3) is 0 Å². The Morgan fingerprint density at radius 3 is 2.74 bits per heavy atom. The number of nitrogens with two attached hydrogens (primary N) is 1. The van der Waals surface area contributed by atoms with Crippen LogP contribution in [-0.4, -0.2) is 59.4 Å². The lowest BCUT2D eigenvalue weighted by Gasteiger charge is -2.42. The van der Waals surface area contributed by atoms with Crippen LogP contribution in [0.25, 0.3) is 5.70 Å². The van der Waals surface area contributed by atoms with Gasteiger partial charge >= 0.3 is 0 Å². The first kappa shape index (κ1) is 23.7. The predicted molar refractivity (Wildman–Crippen MR) is 138 cm³/mol. The monoisotopic (exact) mass is 475 g/mol. The number of amidine groups is 1. The number of hydrogen-bond donors (Lipinski definition) is 1. The highest BCUT2D eigenvalue weighted by molar-refractivity contribution is 6.32. The van der Waals surface area contributed by atoms with Crippen molar-refractivity contribution in [1.82, 2.24) is 14.8 Å². The van der Waals surface area contributed by atoms with E-state index in [2.05, 4.69) is 39.3 Å². The van der Waals surface area contributed by atoms with Crippen LogP contribution in [0, 0.1) is 11.3 Å². The van der Waals surface area contributed by atoms with Crippen molar-refractivity contribution in [1.29, 1.82) is 5.26 Å². The number of nitriles is 1. The highest BCUT2D eigenvalue weighted by Gasteiger charge is 2.28. The minimum atomic E-state index is 0.145. The first-order valence-electron chi connectivity index (χ1n) is 11.6. The molecule has 0 spiro atoms. The lowest BCUT2D eigenvalue weighted by molar-refractivity contribution is 0.297. The Morgan fingerprint density at radius 2 is 2.03 bits per heavy atom. The predicted octanol–water partition coefficient (Wildman–Crippen LogP) is 4.08. The van der Waals surface area contributed by atoms with E-state index in [-0.39, 0.29) is 6.04 Å². The van der Waals surface area contributed by atoms with Gasteiger partial charge < -0.3 is 20.4 Å². The van der Waals surface area contributed by atoms with E-state index in [1.807, 2.05) is 30.3 Å². The summed E-state index contributed by atoms with van der Waals surface area (Å²) in [6.07, 6.45) is 5.98. The molecule has 2 N–H and O–H groups in total. The van der Waals surface area contributed by atoms with Crippen LogP contribution in [0.1, 0.15) is 30.9 Å². The van der Waals surface area contributed by atoms with E-state index in [0.29, 0.717) is 16.3 Å². The van der Waals surface area contributed by atoms with Gasteiger partial charge in [-0.25, -0.2) is 9.98 Å². The molecule has 2 aliphatic rings. The van der Waals surface area contributed by atoms with Gasteiger partial charge in [0.05, 0.1) is 16.7 Å². The summed E-state index contributed by atoms with van der Waals surface area (Å²) in [7, 11) is 0. The van der Waals surface area contributed by atoms with Crippen molar-refractivity contribution >= 4 is 29.0 Å². The molecular formula is C26H30ClN7. The quantitative estimate of drug-likeness (QED) is 0.518. The SMILES string of the molecule is C=C(/N=C(\C=C(/N)c1cccc(C#N)c1)N1CCN(c2ncccc2Cl)C[C@H]1C)N1CCCC1. The van der Waals surface area contributed by atoms with E-state index in [1.165, 1.54) is 0 Å².